The van der Waals surface area contributed by atoms with Gasteiger partial charge in [-0.1, -0.05) is 15.9 Å². The second-order valence-corrected chi connectivity index (χ2v) is 4.22. The molecule has 0 unspecified atom stereocenters. The normalized spacial score (nSPS) is 10.4. The molecule has 0 saturated heterocycles. The van der Waals surface area contributed by atoms with Crippen LogP contribution < -0.4 is 11.2 Å². The Morgan fingerprint density at radius 1 is 1.11 bits per heavy atom. The first-order valence-electron chi connectivity index (χ1n) is 6.02. The van der Waals surface area contributed by atoms with Gasteiger partial charge in [0.05, 0.1) is 25.2 Å². The third-order valence-electron chi connectivity index (χ3n) is 2.05. The summed E-state index contributed by atoms with van der Waals surface area (Å²) in [5, 5.41) is 2.95. The number of ketones is 1. The number of hydrogen-bond donors (Lipinski definition) is 2. The Hall–Kier alpha value is -0.540. The van der Waals surface area contributed by atoms with Gasteiger partial charge in [-0.3, -0.25) is 14.4 Å². The molecule has 1 amide bonds. The van der Waals surface area contributed by atoms with Crippen molar-refractivity contribution in [1.82, 2.24) is 5.32 Å². The molecule has 0 aromatic rings. The van der Waals surface area contributed by atoms with Gasteiger partial charge < -0.3 is 14.8 Å². The van der Waals surface area contributed by atoms with Crippen LogP contribution in [0.4, 0.5) is 0 Å². The molecule has 8 heteroatoms. The van der Waals surface area contributed by atoms with E-state index in [0.29, 0.717) is 51.1 Å². The van der Waals surface area contributed by atoms with Crippen molar-refractivity contribution >= 4 is 27.6 Å². The van der Waals surface area contributed by atoms with Crippen molar-refractivity contribution in [1.29, 1.82) is 0 Å². The van der Waals surface area contributed by atoms with E-state index >= 15 is 0 Å². The molecule has 0 aliphatic heterocycles. The minimum atomic E-state index is -0.0639. The van der Waals surface area contributed by atoms with E-state index in [0.717, 1.165) is 0 Å². The summed E-state index contributed by atoms with van der Waals surface area (Å²) in [6.07, 6.45) is 1.04. The maximum Gasteiger partial charge on any atom is 0.230 e. The summed E-state index contributed by atoms with van der Waals surface area (Å²) in [6, 6.07) is 0. The molecule has 0 saturated carbocycles. The summed E-state index contributed by atoms with van der Waals surface area (Å²) in [5.74, 6) is 4.67. The lowest BCUT2D eigenvalue weighted by molar-refractivity contribution is -0.124. The molecule has 0 rings (SSSR count). The Kier molecular flexibility index (Phi) is 13.5. The molecular formula is C11H21BrN2O5. The lowest BCUT2D eigenvalue weighted by Crippen LogP contribution is -2.28. The average Bonchev–Trinajstić information content (AvgIpc) is 2.40. The van der Waals surface area contributed by atoms with E-state index in [2.05, 4.69) is 26.1 Å². The summed E-state index contributed by atoms with van der Waals surface area (Å²) in [7, 11) is 0. The van der Waals surface area contributed by atoms with Crippen LogP contribution in [0.5, 0.6) is 0 Å². The molecule has 0 atom stereocenters. The van der Waals surface area contributed by atoms with E-state index in [1.165, 1.54) is 0 Å². The van der Waals surface area contributed by atoms with Crippen molar-refractivity contribution in [3.8, 4) is 0 Å². The van der Waals surface area contributed by atoms with Crippen molar-refractivity contribution in [3.63, 3.8) is 0 Å². The summed E-state index contributed by atoms with van der Waals surface area (Å²) in [6.45, 7) is 2.31. The van der Waals surface area contributed by atoms with Crippen LogP contribution in [0.1, 0.15) is 12.8 Å². The number of halogens is 1. The summed E-state index contributed by atoms with van der Waals surface area (Å²) < 4.78 is 10.5. The number of hydrogen-bond acceptors (Lipinski definition) is 6. The smallest absolute Gasteiger partial charge is 0.230 e. The largest absolute Gasteiger partial charge is 0.379 e. The highest BCUT2D eigenvalue weighted by atomic mass is 79.9. The quantitative estimate of drug-likeness (QED) is 0.273. The number of nitrogens with one attached hydrogen (secondary N) is 1. The maximum absolute atomic E-state index is 11.0. The zero-order chi connectivity index (χ0) is 14.3. The minimum absolute atomic E-state index is 0.0371. The zero-order valence-corrected chi connectivity index (χ0v) is 12.4. The highest BCUT2D eigenvalue weighted by Gasteiger charge is 2.00. The number of nitrogens with two attached hydrogens (primary N) is 1. The molecule has 0 aliphatic carbocycles. The minimum Gasteiger partial charge on any atom is -0.379 e. The summed E-state index contributed by atoms with van der Waals surface area (Å²) >= 11 is 3.04. The predicted octanol–water partition coefficient (Wildman–Crippen LogP) is -0.230. The average molecular weight is 341 g/mol. The first-order valence-corrected chi connectivity index (χ1v) is 7.14. The van der Waals surface area contributed by atoms with Gasteiger partial charge >= 0.3 is 0 Å². The van der Waals surface area contributed by atoms with Crippen LogP contribution in [0.15, 0.2) is 0 Å². The third kappa shape index (κ3) is 13.7. The molecule has 19 heavy (non-hydrogen) atoms. The van der Waals surface area contributed by atoms with E-state index in [4.69, 9.17) is 15.4 Å². The first-order chi connectivity index (χ1) is 9.20. The molecule has 0 aliphatic rings. The Balaban J connectivity index is 3.11. The molecule has 0 radical (unpaired) electrons. The van der Waals surface area contributed by atoms with Crippen LogP contribution in [0, 0.1) is 0 Å². The highest BCUT2D eigenvalue weighted by molar-refractivity contribution is 9.09. The molecule has 3 N–H and O–H groups in total. The van der Waals surface area contributed by atoms with E-state index in [9.17, 15) is 9.59 Å². The van der Waals surface area contributed by atoms with E-state index in [1.54, 1.807) is 0 Å². The SMILES string of the molecule is NOCC(=O)CCCOCCOCCNC(=O)CBr. The Morgan fingerprint density at radius 3 is 2.42 bits per heavy atom. The number of carbonyl (C=O) groups is 2. The fourth-order valence-electron chi connectivity index (χ4n) is 1.17. The lowest BCUT2D eigenvalue weighted by atomic mass is 10.2. The van der Waals surface area contributed by atoms with Crippen molar-refractivity contribution < 1.29 is 23.9 Å². The van der Waals surface area contributed by atoms with E-state index in [1.807, 2.05) is 0 Å². The van der Waals surface area contributed by atoms with Crippen molar-refractivity contribution in [2.45, 2.75) is 12.8 Å². The predicted molar refractivity (Wildman–Crippen MR) is 72.8 cm³/mol. The first kappa shape index (κ1) is 18.5. The van der Waals surface area contributed by atoms with Gasteiger partial charge in [0.2, 0.25) is 5.91 Å². The van der Waals surface area contributed by atoms with E-state index < -0.39 is 0 Å². The van der Waals surface area contributed by atoms with Crippen LogP contribution in [0.2, 0.25) is 0 Å². The van der Waals surface area contributed by atoms with Crippen LogP contribution in [-0.2, 0) is 23.9 Å². The second-order valence-electron chi connectivity index (χ2n) is 3.66. The van der Waals surface area contributed by atoms with Crippen LogP contribution in [0.3, 0.4) is 0 Å². The Labute approximate surface area is 121 Å². The summed E-state index contributed by atoms with van der Waals surface area (Å²) in [5.41, 5.74) is 0. The van der Waals surface area contributed by atoms with Gasteiger partial charge in [-0.2, -0.15) is 0 Å². The molecule has 7 nitrogen and oxygen atoms in total. The molecule has 0 fully saturated rings. The Morgan fingerprint density at radius 2 is 1.79 bits per heavy atom. The monoisotopic (exact) mass is 340 g/mol. The van der Waals surface area contributed by atoms with Gasteiger partial charge in [0, 0.05) is 19.6 Å². The number of ether oxygens (including phenoxy) is 2. The maximum atomic E-state index is 11.0. The van der Waals surface area contributed by atoms with Gasteiger partial charge in [0.1, 0.15) is 6.61 Å². The number of carbonyl (C=O) groups excluding carboxylic acids is 2. The number of Topliss-reactive ketones (excluding diaryl/α,β-unsaturated/α-hetero) is 1. The second kappa shape index (κ2) is 13.9. The van der Waals surface area contributed by atoms with Crippen LogP contribution in [-0.4, -0.2) is 56.6 Å². The number of rotatable bonds is 13. The Bertz CT molecular complexity index is 253. The zero-order valence-electron chi connectivity index (χ0n) is 10.9. The molecule has 0 spiro atoms. The van der Waals surface area contributed by atoms with Gasteiger partial charge in [0.25, 0.3) is 0 Å². The van der Waals surface area contributed by atoms with Gasteiger partial charge in [-0.05, 0) is 6.42 Å². The van der Waals surface area contributed by atoms with Gasteiger partial charge in [-0.25, -0.2) is 5.90 Å². The third-order valence-corrected chi connectivity index (χ3v) is 2.56. The molecule has 0 aromatic heterocycles. The van der Waals surface area contributed by atoms with Crippen LogP contribution >= 0.6 is 15.9 Å². The molecule has 112 valence electrons. The topological polar surface area (TPSA) is 99.9 Å². The molecule has 0 aromatic carbocycles. The fourth-order valence-corrected chi connectivity index (χ4v) is 1.37. The lowest BCUT2D eigenvalue weighted by Gasteiger charge is -2.06. The summed E-state index contributed by atoms with van der Waals surface area (Å²) in [4.78, 5) is 26.1. The molecular weight excluding hydrogens is 320 g/mol. The number of amides is 1. The fraction of sp³-hybridized carbons (Fsp3) is 0.818. The standard InChI is InChI=1S/C11H21BrN2O5/c12-8-11(16)14-3-5-18-7-6-17-4-1-2-10(15)9-19-13/h1-9,13H2,(H,14,16). The van der Waals surface area contributed by atoms with Crippen LogP contribution in [0.25, 0.3) is 0 Å². The molecule has 0 bridgehead atoms. The number of alkyl halides is 1. The van der Waals surface area contributed by atoms with Crippen molar-refractivity contribution in [2.75, 3.05) is 44.9 Å². The van der Waals surface area contributed by atoms with Crippen molar-refractivity contribution in [2.24, 2.45) is 5.90 Å². The van der Waals surface area contributed by atoms with Gasteiger partial charge in [-0.15, -0.1) is 0 Å². The van der Waals surface area contributed by atoms with E-state index in [-0.39, 0.29) is 18.3 Å². The van der Waals surface area contributed by atoms with Gasteiger partial charge in [0.15, 0.2) is 5.78 Å². The molecule has 0 heterocycles. The van der Waals surface area contributed by atoms with Crippen molar-refractivity contribution in [3.05, 3.63) is 0 Å². The highest BCUT2D eigenvalue weighted by Crippen LogP contribution is 1.92.